The van der Waals surface area contributed by atoms with Gasteiger partial charge >= 0.3 is 5.97 Å². The molecule has 0 amide bonds. The summed E-state index contributed by atoms with van der Waals surface area (Å²) in [6.45, 7) is 10.4. The van der Waals surface area contributed by atoms with Crippen molar-refractivity contribution in [2.24, 2.45) is 5.92 Å². The Kier molecular flexibility index (Phi) is 12.7. The molecule has 2 aromatic rings. The zero-order chi connectivity index (χ0) is 27.2. The molecule has 1 unspecified atom stereocenters. The van der Waals surface area contributed by atoms with Crippen molar-refractivity contribution in [1.29, 1.82) is 0 Å². The first-order valence-corrected chi connectivity index (χ1v) is 14.2. The van der Waals surface area contributed by atoms with Crippen molar-refractivity contribution in [1.82, 2.24) is 5.32 Å². The number of nitrogens with one attached hydrogen (secondary N) is 1. The summed E-state index contributed by atoms with van der Waals surface area (Å²) in [5.41, 5.74) is 3.47. The third-order valence-electron chi connectivity index (χ3n) is 7.89. The Bertz CT molecular complexity index is 1030. The van der Waals surface area contributed by atoms with E-state index in [4.69, 9.17) is 32.7 Å². The Morgan fingerprint density at radius 3 is 2.21 bits per heavy atom. The highest BCUT2D eigenvalue weighted by Gasteiger charge is 2.33. The van der Waals surface area contributed by atoms with Gasteiger partial charge in [-0.2, -0.15) is 0 Å². The van der Waals surface area contributed by atoms with Crippen molar-refractivity contribution in [3.63, 3.8) is 0 Å². The Hall–Kier alpha value is -1.50. The summed E-state index contributed by atoms with van der Waals surface area (Å²) in [7, 11) is 0. The third kappa shape index (κ3) is 7.79. The molecule has 1 aliphatic carbocycles. The van der Waals surface area contributed by atoms with Crippen LogP contribution in [0.4, 0.5) is 0 Å². The standard InChI is InChI=1S/C30H41Cl2NO4.ClH/c1-6-30(7-2,17-21-15-22-11-9-10-12-23(22)16-21)33-18-25(34)20(5)37-26-14-13-24(27(31)28(26)32)19(4)29(35)36-8-3;/h9-14,19-21,25,33-34H,6-8,15-18H2,1-5H3;1H/t19?,20-,25+;/m1./s1. The fraction of sp³-hybridized carbons (Fsp3) is 0.567. The summed E-state index contributed by atoms with van der Waals surface area (Å²) in [4.78, 5) is 12.1. The summed E-state index contributed by atoms with van der Waals surface area (Å²) in [5.74, 6) is 0.0713. The van der Waals surface area contributed by atoms with Gasteiger partial charge in [0.1, 0.15) is 23.0 Å². The number of carbonyl (C=O) groups excluding carboxylic acids is 1. The van der Waals surface area contributed by atoms with E-state index in [1.54, 1.807) is 26.0 Å². The Labute approximate surface area is 244 Å². The molecule has 212 valence electrons. The van der Waals surface area contributed by atoms with Crippen molar-refractivity contribution >= 4 is 41.6 Å². The largest absolute Gasteiger partial charge is 0.486 e. The van der Waals surface area contributed by atoms with Crippen LogP contribution in [-0.4, -0.2) is 42.0 Å². The number of β-amino-alcohol motifs (C(OH)–C–C–N with tert-alkyl or cyclic N) is 1. The number of aliphatic hydroxyl groups excluding tert-OH is 1. The molecule has 0 heterocycles. The first kappa shape index (κ1) is 32.7. The number of hydrogen-bond acceptors (Lipinski definition) is 5. The van der Waals surface area contributed by atoms with Gasteiger partial charge in [-0.25, -0.2) is 0 Å². The second-order valence-electron chi connectivity index (χ2n) is 10.3. The fourth-order valence-electron chi connectivity index (χ4n) is 5.34. The van der Waals surface area contributed by atoms with E-state index in [1.807, 2.05) is 6.92 Å². The van der Waals surface area contributed by atoms with Crippen LogP contribution in [-0.2, 0) is 22.4 Å². The molecule has 5 nitrogen and oxygen atoms in total. The van der Waals surface area contributed by atoms with Gasteiger partial charge in [-0.1, -0.05) is 67.4 Å². The van der Waals surface area contributed by atoms with E-state index in [0.29, 0.717) is 30.4 Å². The number of hydrogen-bond donors (Lipinski definition) is 2. The maximum Gasteiger partial charge on any atom is 0.313 e. The Morgan fingerprint density at radius 1 is 1.05 bits per heavy atom. The Morgan fingerprint density at radius 2 is 1.66 bits per heavy atom. The van der Waals surface area contributed by atoms with E-state index >= 15 is 0 Å². The molecule has 0 fully saturated rings. The van der Waals surface area contributed by atoms with Crippen molar-refractivity contribution in [3.8, 4) is 5.75 Å². The number of aliphatic hydroxyl groups is 1. The zero-order valence-corrected chi connectivity index (χ0v) is 25.4. The molecule has 0 saturated carbocycles. The van der Waals surface area contributed by atoms with Crippen LogP contribution in [0.15, 0.2) is 36.4 Å². The molecule has 0 bridgehead atoms. The number of carbonyl (C=O) groups is 1. The molecule has 1 aliphatic rings. The summed E-state index contributed by atoms with van der Waals surface area (Å²) >= 11 is 13.0. The molecule has 2 N–H and O–H groups in total. The normalized spacial score (nSPS) is 15.8. The maximum absolute atomic E-state index is 12.1. The molecule has 3 rings (SSSR count). The van der Waals surface area contributed by atoms with Crippen LogP contribution in [0.1, 0.15) is 76.5 Å². The summed E-state index contributed by atoms with van der Waals surface area (Å²) < 4.78 is 11.1. The molecule has 38 heavy (non-hydrogen) atoms. The van der Waals surface area contributed by atoms with Crippen molar-refractivity contribution < 1.29 is 19.4 Å². The second kappa shape index (κ2) is 14.8. The topological polar surface area (TPSA) is 67.8 Å². The van der Waals surface area contributed by atoms with Gasteiger partial charge in [-0.3, -0.25) is 4.79 Å². The van der Waals surface area contributed by atoms with Crippen molar-refractivity contribution in [2.45, 2.75) is 90.4 Å². The van der Waals surface area contributed by atoms with Gasteiger partial charge < -0.3 is 19.9 Å². The van der Waals surface area contributed by atoms with Crippen LogP contribution in [0.2, 0.25) is 10.0 Å². The van der Waals surface area contributed by atoms with Crippen LogP contribution in [0, 0.1) is 5.92 Å². The number of fused-ring (bicyclic) bond motifs is 1. The molecule has 0 radical (unpaired) electrons. The summed E-state index contributed by atoms with van der Waals surface area (Å²) in [6.07, 6.45) is 4.01. The zero-order valence-electron chi connectivity index (χ0n) is 23.1. The van der Waals surface area contributed by atoms with E-state index in [-0.39, 0.29) is 34.0 Å². The minimum absolute atomic E-state index is 0. The third-order valence-corrected chi connectivity index (χ3v) is 8.77. The number of halogens is 3. The highest BCUT2D eigenvalue weighted by molar-refractivity contribution is 6.43. The Balaban J connectivity index is 0.00000507. The average Bonchev–Trinajstić information content (AvgIpc) is 3.31. The van der Waals surface area contributed by atoms with Gasteiger partial charge in [-0.15, -0.1) is 12.4 Å². The lowest BCUT2D eigenvalue weighted by atomic mass is 9.81. The monoisotopic (exact) mass is 585 g/mol. The first-order chi connectivity index (χ1) is 17.6. The van der Waals surface area contributed by atoms with Gasteiger partial charge in [-0.05, 0) is 81.5 Å². The van der Waals surface area contributed by atoms with Crippen LogP contribution in [0.5, 0.6) is 5.75 Å². The van der Waals surface area contributed by atoms with Crippen LogP contribution in [0.3, 0.4) is 0 Å². The van der Waals surface area contributed by atoms with E-state index in [2.05, 4.69) is 43.4 Å². The van der Waals surface area contributed by atoms with E-state index in [9.17, 15) is 9.90 Å². The second-order valence-corrected chi connectivity index (χ2v) is 11.0. The molecule has 0 aliphatic heterocycles. The summed E-state index contributed by atoms with van der Waals surface area (Å²) in [5, 5.41) is 15.1. The van der Waals surface area contributed by atoms with Crippen molar-refractivity contribution in [3.05, 3.63) is 63.1 Å². The van der Waals surface area contributed by atoms with Crippen LogP contribution in [0.25, 0.3) is 0 Å². The van der Waals surface area contributed by atoms with Gasteiger partial charge in [0.25, 0.3) is 0 Å². The van der Waals surface area contributed by atoms with Crippen molar-refractivity contribution in [2.75, 3.05) is 13.2 Å². The molecule has 8 heteroatoms. The quantitative estimate of drug-likeness (QED) is 0.244. The molecule has 0 spiro atoms. The lowest BCUT2D eigenvalue weighted by Crippen LogP contribution is -2.51. The van der Waals surface area contributed by atoms with Gasteiger partial charge in [0.05, 0.1) is 17.5 Å². The number of benzene rings is 2. The molecule has 2 aromatic carbocycles. The van der Waals surface area contributed by atoms with Crippen LogP contribution >= 0.6 is 35.6 Å². The minimum atomic E-state index is -0.744. The number of esters is 1. The SMILES string of the molecule is CCOC(=O)C(C)c1ccc(O[C@H](C)[C@@H](O)CNC(CC)(CC)CC2Cc3ccccc3C2)c(Cl)c1Cl.Cl. The highest BCUT2D eigenvalue weighted by Crippen LogP contribution is 2.39. The first-order valence-electron chi connectivity index (χ1n) is 13.5. The van der Waals surface area contributed by atoms with E-state index in [0.717, 1.165) is 32.1 Å². The van der Waals surface area contributed by atoms with Gasteiger partial charge in [0.15, 0.2) is 0 Å². The average molecular weight is 587 g/mol. The van der Waals surface area contributed by atoms with E-state index < -0.39 is 18.1 Å². The van der Waals surface area contributed by atoms with Gasteiger partial charge in [0.2, 0.25) is 0 Å². The number of rotatable bonds is 13. The summed E-state index contributed by atoms with van der Waals surface area (Å²) in [6, 6.07) is 12.1. The lowest BCUT2D eigenvalue weighted by molar-refractivity contribution is -0.144. The molecule has 3 atom stereocenters. The van der Waals surface area contributed by atoms with Crippen LogP contribution < -0.4 is 10.1 Å². The molecular formula is C30H42Cl3NO4. The van der Waals surface area contributed by atoms with E-state index in [1.165, 1.54) is 11.1 Å². The highest BCUT2D eigenvalue weighted by atomic mass is 35.5. The predicted octanol–water partition coefficient (Wildman–Crippen LogP) is 7.16. The number of ether oxygens (including phenoxy) is 2. The molecular weight excluding hydrogens is 545 g/mol. The smallest absolute Gasteiger partial charge is 0.313 e. The maximum atomic E-state index is 12.1. The van der Waals surface area contributed by atoms with Gasteiger partial charge in [0, 0.05) is 12.1 Å². The predicted molar refractivity (Wildman–Crippen MR) is 158 cm³/mol. The molecule has 0 saturated heterocycles. The fourth-order valence-corrected chi connectivity index (χ4v) is 5.88. The lowest BCUT2D eigenvalue weighted by Gasteiger charge is -2.37. The minimum Gasteiger partial charge on any atom is -0.486 e. The molecule has 0 aromatic heterocycles.